The first-order valence-corrected chi connectivity index (χ1v) is 4.76. The van der Waals surface area contributed by atoms with E-state index in [1.54, 1.807) is 0 Å². The Kier molecular flexibility index (Phi) is 2.97. The predicted molar refractivity (Wildman–Crippen MR) is 36.2 cm³/mol. The third-order valence-corrected chi connectivity index (χ3v) is 2.62. The Bertz CT molecular complexity index is 179. The normalized spacial score (nSPS) is 27.2. The van der Waals surface area contributed by atoms with Crippen molar-refractivity contribution in [2.24, 2.45) is 0 Å². The van der Waals surface area contributed by atoms with E-state index in [2.05, 4.69) is 4.74 Å². The molecule has 1 heterocycles. The molecule has 0 bridgehead atoms. The molecule has 0 saturated carbocycles. The Balaban J connectivity index is 2.59. The first kappa shape index (κ1) is 8.62. The molecule has 62 valence electrons. The maximum absolute atomic E-state index is 10.8. The molecule has 0 amide bonds. The van der Waals surface area contributed by atoms with Crippen molar-refractivity contribution in [1.29, 1.82) is 0 Å². The number of ether oxygens (including phenoxy) is 1. The highest BCUT2D eigenvalue weighted by Crippen LogP contribution is 2.26. The van der Waals surface area contributed by atoms with Gasteiger partial charge in [-0.1, -0.05) is 4.57 Å². The average Bonchev–Trinajstić information content (AvgIpc) is 2.13. The summed E-state index contributed by atoms with van der Waals surface area (Å²) < 4.78 is 15.1. The summed E-state index contributed by atoms with van der Waals surface area (Å²) >= 11 is 0. The van der Waals surface area contributed by atoms with Gasteiger partial charge >= 0.3 is 14.0 Å². The Morgan fingerprint density at radius 2 is 2.27 bits per heavy atom. The monoisotopic (exact) mass is 176 g/mol. The first-order valence-electron chi connectivity index (χ1n) is 3.52. The third-order valence-electron chi connectivity index (χ3n) is 1.64. The summed E-state index contributed by atoms with van der Waals surface area (Å²) in [4.78, 5) is 21.3. The van der Waals surface area contributed by atoms with Crippen LogP contribution in [0.25, 0.3) is 0 Å². The van der Waals surface area contributed by atoms with Crippen LogP contribution in [-0.4, -0.2) is 18.2 Å². The van der Waals surface area contributed by atoms with Crippen molar-refractivity contribution < 1.29 is 19.0 Å². The van der Waals surface area contributed by atoms with Crippen LogP contribution in [0.4, 0.5) is 0 Å². The van der Waals surface area contributed by atoms with Gasteiger partial charge in [-0.3, -0.25) is 0 Å². The highest BCUT2D eigenvalue weighted by Gasteiger charge is 2.33. The lowest BCUT2D eigenvalue weighted by Gasteiger charge is -2.01. The Hall–Kier alpha value is -0.470. The molecule has 0 aromatic rings. The summed E-state index contributed by atoms with van der Waals surface area (Å²) in [7, 11) is -2.65. The molecule has 1 aliphatic rings. The van der Waals surface area contributed by atoms with E-state index in [9.17, 15) is 14.3 Å². The summed E-state index contributed by atoms with van der Waals surface area (Å²) in [6.07, 6.45) is 1.93. The van der Waals surface area contributed by atoms with E-state index in [1.807, 2.05) is 0 Å². The van der Waals surface area contributed by atoms with Crippen molar-refractivity contribution in [3.63, 3.8) is 0 Å². The number of carbonyl (C=O) groups excluding carboxylic acids is 1. The van der Waals surface area contributed by atoms with Gasteiger partial charge in [-0.25, -0.2) is 4.79 Å². The Morgan fingerprint density at radius 1 is 1.55 bits per heavy atom. The van der Waals surface area contributed by atoms with Gasteiger partial charge in [0, 0.05) is 6.42 Å². The highest BCUT2D eigenvalue weighted by molar-refractivity contribution is 7.38. The van der Waals surface area contributed by atoms with Crippen LogP contribution in [0.5, 0.6) is 0 Å². The number of carbonyl (C=O) groups is 1. The van der Waals surface area contributed by atoms with E-state index in [4.69, 9.17) is 0 Å². The zero-order valence-electron chi connectivity index (χ0n) is 5.99. The van der Waals surface area contributed by atoms with Gasteiger partial charge in [0.2, 0.25) is 5.66 Å². The van der Waals surface area contributed by atoms with Crippen molar-refractivity contribution in [3.8, 4) is 0 Å². The number of hydrogen-bond acceptors (Lipinski definition) is 4. The van der Waals surface area contributed by atoms with Gasteiger partial charge in [0.15, 0.2) is 0 Å². The summed E-state index contributed by atoms with van der Waals surface area (Å²) in [6, 6.07) is 0. The van der Waals surface area contributed by atoms with Gasteiger partial charge in [-0.05, 0) is 12.8 Å². The molecule has 1 saturated heterocycles. The second kappa shape index (κ2) is 3.79. The maximum Gasteiger partial charge on any atom is 0.358 e. The molecule has 0 spiro atoms. The van der Waals surface area contributed by atoms with Gasteiger partial charge in [-0.15, -0.1) is 0 Å². The van der Waals surface area contributed by atoms with Crippen LogP contribution in [0.2, 0.25) is 0 Å². The van der Waals surface area contributed by atoms with Crippen LogP contribution in [-0.2, 0) is 14.1 Å². The molecule has 4 nitrogen and oxygen atoms in total. The molecule has 5 heteroatoms. The minimum atomic E-state index is -2.65. The predicted octanol–water partition coefficient (Wildman–Crippen LogP) is 0.185. The van der Waals surface area contributed by atoms with Crippen LogP contribution < -0.4 is 4.89 Å². The standard InChI is InChI=1S/C6H9O4P/c7-6-5(11(8)9)3-1-2-4-10-6/h5H,1-4H2. The van der Waals surface area contributed by atoms with Crippen LogP contribution in [0.3, 0.4) is 0 Å². The van der Waals surface area contributed by atoms with E-state index in [-0.39, 0.29) is 0 Å². The van der Waals surface area contributed by atoms with Crippen molar-refractivity contribution in [3.05, 3.63) is 0 Å². The van der Waals surface area contributed by atoms with Crippen LogP contribution in [0, 0.1) is 0 Å². The molecule has 0 aromatic heterocycles. The quantitative estimate of drug-likeness (QED) is 0.422. The van der Waals surface area contributed by atoms with Crippen molar-refractivity contribution in [1.82, 2.24) is 0 Å². The fourth-order valence-electron chi connectivity index (χ4n) is 1.02. The zero-order valence-corrected chi connectivity index (χ0v) is 6.88. The van der Waals surface area contributed by atoms with Gasteiger partial charge < -0.3 is 9.63 Å². The average molecular weight is 176 g/mol. The molecule has 0 N–H and O–H groups in total. The van der Waals surface area contributed by atoms with Crippen molar-refractivity contribution >= 4 is 14.0 Å². The number of hydrogen-bond donors (Lipinski definition) is 0. The Labute approximate surface area is 65.4 Å². The van der Waals surface area contributed by atoms with Gasteiger partial charge in [0.1, 0.15) is 0 Å². The first-order chi connectivity index (χ1) is 5.22. The van der Waals surface area contributed by atoms with Gasteiger partial charge in [0.25, 0.3) is 0 Å². The lowest BCUT2D eigenvalue weighted by molar-refractivity contribution is -0.169. The minimum Gasteiger partial charge on any atom is -0.595 e. The lowest BCUT2D eigenvalue weighted by Crippen LogP contribution is -2.20. The molecule has 0 aliphatic carbocycles. The van der Waals surface area contributed by atoms with E-state index in [0.717, 1.165) is 12.8 Å². The molecule has 11 heavy (non-hydrogen) atoms. The van der Waals surface area contributed by atoms with E-state index >= 15 is 0 Å². The fraction of sp³-hybridized carbons (Fsp3) is 0.833. The van der Waals surface area contributed by atoms with E-state index in [0.29, 0.717) is 13.0 Å². The van der Waals surface area contributed by atoms with Gasteiger partial charge in [-0.2, -0.15) is 0 Å². The van der Waals surface area contributed by atoms with Crippen LogP contribution in [0.15, 0.2) is 0 Å². The summed E-state index contributed by atoms with van der Waals surface area (Å²) in [6.45, 7) is 0.360. The molecule has 1 aliphatic heterocycles. The highest BCUT2D eigenvalue weighted by atomic mass is 31.1. The van der Waals surface area contributed by atoms with E-state index < -0.39 is 19.7 Å². The minimum absolute atomic E-state index is 0.360. The molecule has 2 atom stereocenters. The molecule has 1 rings (SSSR count). The second-order valence-corrected chi connectivity index (χ2v) is 3.66. The SMILES string of the molecule is O=C1OCCCCC1[P+](=O)[O-]. The molecule has 2 unspecified atom stereocenters. The van der Waals surface area contributed by atoms with E-state index in [1.165, 1.54) is 0 Å². The summed E-state index contributed by atoms with van der Waals surface area (Å²) in [5.41, 5.74) is -0.896. The molecule has 0 radical (unpaired) electrons. The molecule has 1 fully saturated rings. The van der Waals surface area contributed by atoms with Crippen molar-refractivity contribution in [2.45, 2.75) is 24.9 Å². The van der Waals surface area contributed by atoms with Crippen molar-refractivity contribution in [2.75, 3.05) is 6.61 Å². The van der Waals surface area contributed by atoms with Crippen LogP contribution in [0.1, 0.15) is 19.3 Å². The molecular formula is C6H9O4P. The summed E-state index contributed by atoms with van der Waals surface area (Å²) in [5, 5.41) is 0. The Morgan fingerprint density at radius 3 is 2.91 bits per heavy atom. The number of rotatable bonds is 1. The lowest BCUT2D eigenvalue weighted by atomic mass is 10.2. The smallest absolute Gasteiger partial charge is 0.358 e. The molecular weight excluding hydrogens is 167 g/mol. The zero-order chi connectivity index (χ0) is 8.27. The fourth-order valence-corrected chi connectivity index (χ4v) is 1.66. The third kappa shape index (κ3) is 2.24. The number of cyclic esters (lactones) is 1. The number of esters is 1. The van der Waals surface area contributed by atoms with Crippen LogP contribution >= 0.6 is 8.03 Å². The largest absolute Gasteiger partial charge is 0.595 e. The van der Waals surface area contributed by atoms with Gasteiger partial charge in [0.05, 0.1) is 6.61 Å². The topological polar surface area (TPSA) is 66.4 Å². The molecule has 0 aromatic carbocycles. The second-order valence-electron chi connectivity index (χ2n) is 2.46. The maximum atomic E-state index is 10.8. The summed E-state index contributed by atoms with van der Waals surface area (Å²) in [5.74, 6) is -0.585.